The van der Waals surface area contributed by atoms with Gasteiger partial charge < -0.3 is 5.32 Å². The summed E-state index contributed by atoms with van der Waals surface area (Å²) in [5.41, 5.74) is 0.579. The number of carbonyl (C=O) groups is 1. The summed E-state index contributed by atoms with van der Waals surface area (Å²) in [7, 11) is 1.75. The molecule has 0 aliphatic rings. The number of nitrogens with one attached hydrogen (secondary N) is 1. The lowest BCUT2D eigenvalue weighted by Crippen LogP contribution is -2.24. The molecule has 4 heterocycles. The smallest absolute Gasteiger partial charge is 0.345 e. The molecule has 0 radical (unpaired) electrons. The highest BCUT2D eigenvalue weighted by Crippen LogP contribution is 2.34. The molecule has 0 unspecified atom stereocenters. The Kier molecular flexibility index (Phi) is 5.29. The number of aromatic nitrogens is 5. The Morgan fingerprint density at radius 2 is 1.97 bits per heavy atom. The number of rotatable bonds is 5. The standard InChI is InChI=1S/C20H19F3N6OS/c1-4-13-5-6-16(31-13)14-8-17(20(21,22)23)29-18(25-14)9-15(27-29)19(30)24-10-12-7-11(2)26-28(12)3/h5-9H,4,10H2,1-3H3,(H,24,30). The molecule has 1 amide bonds. The lowest BCUT2D eigenvalue weighted by atomic mass is 10.2. The van der Waals surface area contributed by atoms with Crippen LogP contribution in [0.25, 0.3) is 16.2 Å². The van der Waals surface area contributed by atoms with Crippen molar-refractivity contribution in [3.05, 3.63) is 58.0 Å². The average molecular weight is 448 g/mol. The second kappa shape index (κ2) is 7.80. The van der Waals surface area contributed by atoms with Crippen molar-refractivity contribution in [3.8, 4) is 10.6 Å². The highest BCUT2D eigenvalue weighted by atomic mass is 32.1. The van der Waals surface area contributed by atoms with E-state index < -0.39 is 17.8 Å². The number of fused-ring (bicyclic) bond motifs is 1. The Bertz CT molecular complexity index is 1270. The van der Waals surface area contributed by atoms with Crippen LogP contribution < -0.4 is 5.32 Å². The zero-order valence-electron chi connectivity index (χ0n) is 17.0. The van der Waals surface area contributed by atoms with Crippen LogP contribution in [0.5, 0.6) is 0 Å². The zero-order chi connectivity index (χ0) is 22.3. The summed E-state index contributed by atoms with van der Waals surface area (Å²) in [6, 6.07) is 7.66. The first-order chi connectivity index (χ1) is 14.7. The van der Waals surface area contributed by atoms with Crippen LogP contribution in [0.3, 0.4) is 0 Å². The van der Waals surface area contributed by atoms with Crippen molar-refractivity contribution in [3.63, 3.8) is 0 Å². The molecule has 0 saturated carbocycles. The Morgan fingerprint density at radius 1 is 1.19 bits per heavy atom. The van der Waals surface area contributed by atoms with Gasteiger partial charge in [-0.15, -0.1) is 11.3 Å². The summed E-state index contributed by atoms with van der Waals surface area (Å²) in [5, 5.41) is 10.7. The molecule has 7 nitrogen and oxygen atoms in total. The third-order valence-electron chi connectivity index (χ3n) is 4.74. The largest absolute Gasteiger partial charge is 0.433 e. The van der Waals surface area contributed by atoms with Gasteiger partial charge in [0.25, 0.3) is 5.91 Å². The molecule has 4 rings (SSSR count). The molecule has 0 atom stereocenters. The number of amides is 1. The van der Waals surface area contributed by atoms with Crippen molar-refractivity contribution in [2.24, 2.45) is 7.05 Å². The molecular formula is C20H19F3N6OS. The van der Waals surface area contributed by atoms with Crippen LogP contribution in [0.4, 0.5) is 13.2 Å². The van der Waals surface area contributed by atoms with Gasteiger partial charge >= 0.3 is 6.18 Å². The second-order valence-electron chi connectivity index (χ2n) is 7.03. The van der Waals surface area contributed by atoms with Gasteiger partial charge in [-0.05, 0) is 37.6 Å². The highest BCUT2D eigenvalue weighted by Gasteiger charge is 2.35. The monoisotopic (exact) mass is 448 g/mol. The normalized spacial score (nSPS) is 11.9. The predicted octanol–water partition coefficient (Wildman–Crippen LogP) is 4.01. The molecule has 1 N–H and O–H groups in total. The Labute approximate surface area is 179 Å². The van der Waals surface area contributed by atoms with Crippen molar-refractivity contribution >= 4 is 22.9 Å². The van der Waals surface area contributed by atoms with Gasteiger partial charge in [-0.3, -0.25) is 9.48 Å². The van der Waals surface area contributed by atoms with E-state index in [0.29, 0.717) is 9.39 Å². The van der Waals surface area contributed by atoms with Crippen LogP contribution in [0.2, 0.25) is 0 Å². The molecule has 11 heteroatoms. The fraction of sp³-hybridized carbons (Fsp3) is 0.300. The van der Waals surface area contributed by atoms with Crippen LogP contribution in [-0.4, -0.2) is 30.3 Å². The van der Waals surface area contributed by atoms with E-state index in [1.54, 1.807) is 17.8 Å². The number of nitrogens with zero attached hydrogens (tertiary/aromatic N) is 5. The van der Waals surface area contributed by atoms with Gasteiger partial charge in [0.15, 0.2) is 17.0 Å². The molecule has 31 heavy (non-hydrogen) atoms. The average Bonchev–Trinajstić information content (AvgIpc) is 3.42. The minimum absolute atomic E-state index is 0.0437. The molecule has 162 valence electrons. The number of halogens is 3. The zero-order valence-corrected chi connectivity index (χ0v) is 17.8. The maximum absolute atomic E-state index is 13.7. The van der Waals surface area contributed by atoms with Crippen molar-refractivity contribution in [1.29, 1.82) is 0 Å². The molecule has 0 bridgehead atoms. The SMILES string of the molecule is CCc1ccc(-c2cc(C(F)(F)F)n3nc(C(=O)NCc4cc(C)nn4C)cc3n2)s1. The summed E-state index contributed by atoms with van der Waals surface area (Å²) in [6.07, 6.45) is -3.88. The molecular weight excluding hydrogens is 429 g/mol. The lowest BCUT2D eigenvalue weighted by molar-refractivity contribution is -0.142. The summed E-state index contributed by atoms with van der Waals surface area (Å²) < 4.78 is 43.4. The lowest BCUT2D eigenvalue weighted by Gasteiger charge is -2.10. The minimum atomic E-state index is -4.66. The summed E-state index contributed by atoms with van der Waals surface area (Å²) >= 11 is 1.39. The molecule has 4 aromatic rings. The fourth-order valence-electron chi connectivity index (χ4n) is 3.21. The second-order valence-corrected chi connectivity index (χ2v) is 8.20. The van der Waals surface area contributed by atoms with Crippen LogP contribution in [-0.2, 0) is 26.2 Å². The number of alkyl halides is 3. The molecule has 4 aromatic heterocycles. The number of carbonyl (C=O) groups excluding carboxylic acids is 1. The van der Waals surface area contributed by atoms with Crippen molar-refractivity contribution < 1.29 is 18.0 Å². The van der Waals surface area contributed by atoms with Crippen molar-refractivity contribution in [2.45, 2.75) is 33.0 Å². The number of thiophene rings is 1. The third-order valence-corrected chi connectivity index (χ3v) is 5.99. The molecule has 0 aromatic carbocycles. The van der Waals surface area contributed by atoms with Gasteiger partial charge in [0.2, 0.25) is 0 Å². The minimum Gasteiger partial charge on any atom is -0.345 e. The Hall–Kier alpha value is -3.21. The van der Waals surface area contributed by atoms with Gasteiger partial charge in [-0.25, -0.2) is 9.50 Å². The van der Waals surface area contributed by atoms with Crippen molar-refractivity contribution in [2.75, 3.05) is 0 Å². The number of hydrogen-bond donors (Lipinski definition) is 1. The molecule has 0 aliphatic carbocycles. The summed E-state index contributed by atoms with van der Waals surface area (Å²) in [6.45, 7) is 3.97. The van der Waals surface area contributed by atoms with Crippen LogP contribution in [0, 0.1) is 6.92 Å². The molecule has 0 spiro atoms. The highest BCUT2D eigenvalue weighted by molar-refractivity contribution is 7.15. The first-order valence-electron chi connectivity index (χ1n) is 9.50. The van der Waals surface area contributed by atoms with E-state index in [2.05, 4.69) is 20.5 Å². The van der Waals surface area contributed by atoms with Gasteiger partial charge in [0, 0.05) is 18.0 Å². The third kappa shape index (κ3) is 4.18. The van der Waals surface area contributed by atoms with E-state index in [0.717, 1.165) is 28.8 Å². The maximum atomic E-state index is 13.7. The first kappa shape index (κ1) is 21.0. The van der Waals surface area contributed by atoms with Crippen LogP contribution >= 0.6 is 11.3 Å². The summed E-state index contributed by atoms with van der Waals surface area (Å²) in [5.74, 6) is -0.594. The quantitative estimate of drug-likeness (QED) is 0.501. The Morgan fingerprint density at radius 3 is 2.58 bits per heavy atom. The van der Waals surface area contributed by atoms with E-state index in [1.807, 2.05) is 26.0 Å². The van der Waals surface area contributed by atoms with Gasteiger partial charge in [0.1, 0.15) is 0 Å². The predicted molar refractivity (Wildman–Crippen MR) is 110 cm³/mol. The topological polar surface area (TPSA) is 77.1 Å². The summed E-state index contributed by atoms with van der Waals surface area (Å²) in [4.78, 5) is 18.5. The van der Waals surface area contributed by atoms with Crippen LogP contribution in [0.1, 0.15) is 39.4 Å². The molecule has 0 aliphatic heterocycles. The Balaban J connectivity index is 1.69. The van der Waals surface area contributed by atoms with Gasteiger partial charge in [0.05, 0.1) is 28.5 Å². The van der Waals surface area contributed by atoms with Crippen molar-refractivity contribution in [1.82, 2.24) is 29.7 Å². The van der Waals surface area contributed by atoms with E-state index in [9.17, 15) is 18.0 Å². The van der Waals surface area contributed by atoms with Gasteiger partial charge in [-0.1, -0.05) is 6.92 Å². The maximum Gasteiger partial charge on any atom is 0.433 e. The fourth-order valence-corrected chi connectivity index (χ4v) is 4.12. The van der Waals surface area contributed by atoms with Crippen LogP contribution in [0.15, 0.2) is 30.3 Å². The van der Waals surface area contributed by atoms with E-state index >= 15 is 0 Å². The number of hydrogen-bond acceptors (Lipinski definition) is 5. The van der Waals surface area contributed by atoms with E-state index in [1.165, 1.54) is 17.4 Å². The number of aryl methyl sites for hydroxylation is 3. The molecule has 0 fully saturated rings. The van der Waals surface area contributed by atoms with Gasteiger partial charge in [-0.2, -0.15) is 23.4 Å². The first-order valence-corrected chi connectivity index (χ1v) is 10.3. The van der Waals surface area contributed by atoms with E-state index in [-0.39, 0.29) is 23.6 Å². The molecule has 0 saturated heterocycles. The van der Waals surface area contributed by atoms with E-state index in [4.69, 9.17) is 0 Å².